The number of benzene rings is 1. The molecule has 1 aromatic heterocycles. The lowest BCUT2D eigenvalue weighted by molar-refractivity contribution is 0.142. The highest BCUT2D eigenvalue weighted by Crippen LogP contribution is 2.05. The zero-order valence-corrected chi connectivity index (χ0v) is 12.5. The molecular formula is C13H12IN3O3. The van der Waals surface area contributed by atoms with E-state index in [1.54, 1.807) is 12.3 Å². The zero-order chi connectivity index (χ0) is 14.4. The number of H-pyrrole nitrogens is 1. The van der Waals surface area contributed by atoms with Gasteiger partial charge in [-0.15, -0.1) is 0 Å². The number of carbonyl (C=O) groups excluding carboxylic acids is 1. The van der Waals surface area contributed by atoms with Crippen molar-refractivity contribution in [3.63, 3.8) is 0 Å². The van der Waals surface area contributed by atoms with Gasteiger partial charge in [0.1, 0.15) is 12.3 Å². The van der Waals surface area contributed by atoms with Gasteiger partial charge in [-0.05, 0) is 34.2 Å². The number of hydrogen-bond donors (Lipinski definition) is 3. The second-order valence-corrected chi connectivity index (χ2v) is 5.12. The van der Waals surface area contributed by atoms with Gasteiger partial charge in [0.15, 0.2) is 0 Å². The quantitative estimate of drug-likeness (QED) is 0.557. The van der Waals surface area contributed by atoms with Crippen molar-refractivity contribution in [2.75, 3.05) is 5.43 Å². The number of amides is 1. The Morgan fingerprint density at radius 2 is 2.05 bits per heavy atom. The van der Waals surface area contributed by atoms with Crippen LogP contribution in [0.1, 0.15) is 5.56 Å². The van der Waals surface area contributed by atoms with Crippen molar-refractivity contribution in [2.24, 2.45) is 0 Å². The number of halogens is 1. The molecule has 0 aliphatic rings. The van der Waals surface area contributed by atoms with Crippen LogP contribution in [-0.4, -0.2) is 11.1 Å². The van der Waals surface area contributed by atoms with Crippen LogP contribution in [0.15, 0.2) is 47.4 Å². The fourth-order valence-corrected chi connectivity index (χ4v) is 1.89. The third kappa shape index (κ3) is 4.26. The van der Waals surface area contributed by atoms with Crippen LogP contribution in [0.4, 0.5) is 10.5 Å². The smallest absolute Gasteiger partial charge is 0.426 e. The maximum Gasteiger partial charge on any atom is 0.426 e. The van der Waals surface area contributed by atoms with Gasteiger partial charge in [-0.25, -0.2) is 10.2 Å². The normalized spacial score (nSPS) is 9.85. The Morgan fingerprint density at radius 3 is 2.80 bits per heavy atom. The maximum absolute atomic E-state index is 11.5. The largest absolute Gasteiger partial charge is 0.443 e. The molecule has 0 aliphatic carbocycles. The number of carbonyl (C=O) groups is 1. The highest BCUT2D eigenvalue weighted by molar-refractivity contribution is 14.1. The van der Waals surface area contributed by atoms with E-state index < -0.39 is 6.09 Å². The molecule has 0 saturated heterocycles. The average Bonchev–Trinajstić information content (AvgIpc) is 2.47. The summed E-state index contributed by atoms with van der Waals surface area (Å²) in [6.45, 7) is 0.164. The van der Waals surface area contributed by atoms with Crippen molar-refractivity contribution in [3.8, 4) is 0 Å². The average molecular weight is 385 g/mol. The summed E-state index contributed by atoms with van der Waals surface area (Å²) >= 11 is 2.05. The lowest BCUT2D eigenvalue weighted by Gasteiger charge is -2.08. The molecule has 6 nitrogen and oxygen atoms in total. The summed E-state index contributed by atoms with van der Waals surface area (Å²) in [6, 6.07) is 10.9. The summed E-state index contributed by atoms with van der Waals surface area (Å²) in [7, 11) is 0. The first-order valence-corrected chi connectivity index (χ1v) is 6.84. The van der Waals surface area contributed by atoms with Crippen molar-refractivity contribution >= 4 is 34.4 Å². The number of pyridine rings is 1. The van der Waals surface area contributed by atoms with Crippen LogP contribution in [0.25, 0.3) is 0 Å². The van der Waals surface area contributed by atoms with Crippen LogP contribution >= 0.6 is 22.6 Å². The van der Waals surface area contributed by atoms with Gasteiger partial charge >= 0.3 is 6.09 Å². The Hall–Kier alpha value is -2.03. The van der Waals surface area contributed by atoms with Gasteiger partial charge < -0.3 is 9.72 Å². The molecule has 2 rings (SSSR count). The van der Waals surface area contributed by atoms with E-state index in [0.717, 1.165) is 9.13 Å². The minimum atomic E-state index is -0.660. The predicted molar refractivity (Wildman–Crippen MR) is 83.2 cm³/mol. The second kappa shape index (κ2) is 6.94. The summed E-state index contributed by atoms with van der Waals surface area (Å²) in [6.07, 6.45) is 0.911. The maximum atomic E-state index is 11.5. The van der Waals surface area contributed by atoms with Gasteiger partial charge in [0, 0.05) is 9.77 Å². The van der Waals surface area contributed by atoms with Crippen LogP contribution in [0.3, 0.4) is 0 Å². The molecule has 1 heterocycles. The van der Waals surface area contributed by atoms with Crippen LogP contribution < -0.4 is 16.4 Å². The SMILES string of the molecule is O=C(NNc1cc(I)c[nH]c1=O)OCc1ccccc1. The van der Waals surface area contributed by atoms with Crippen LogP contribution in [0, 0.1) is 3.57 Å². The Labute approximate surface area is 128 Å². The molecule has 0 radical (unpaired) electrons. The molecule has 104 valence electrons. The van der Waals surface area contributed by atoms with Crippen molar-refractivity contribution < 1.29 is 9.53 Å². The number of nitrogens with one attached hydrogen (secondary N) is 3. The van der Waals surface area contributed by atoms with E-state index in [1.165, 1.54) is 0 Å². The minimum absolute atomic E-state index is 0.164. The van der Waals surface area contributed by atoms with E-state index in [0.29, 0.717) is 0 Å². The number of aromatic amines is 1. The van der Waals surface area contributed by atoms with E-state index in [2.05, 4.69) is 15.8 Å². The van der Waals surface area contributed by atoms with E-state index >= 15 is 0 Å². The topological polar surface area (TPSA) is 83.2 Å². The second-order valence-electron chi connectivity index (χ2n) is 3.87. The van der Waals surface area contributed by atoms with Gasteiger partial charge in [-0.2, -0.15) is 0 Å². The number of aromatic nitrogens is 1. The zero-order valence-electron chi connectivity index (χ0n) is 10.4. The highest BCUT2D eigenvalue weighted by Gasteiger charge is 2.04. The van der Waals surface area contributed by atoms with Crippen molar-refractivity contribution in [3.05, 3.63) is 62.1 Å². The Bertz CT molecular complexity index is 643. The summed E-state index contributed by atoms with van der Waals surface area (Å²) in [4.78, 5) is 25.5. The molecule has 0 atom stereocenters. The molecule has 1 amide bonds. The van der Waals surface area contributed by atoms with Crippen molar-refractivity contribution in [1.82, 2.24) is 10.4 Å². The molecule has 0 aliphatic heterocycles. The molecular weight excluding hydrogens is 373 g/mol. The standard InChI is InChI=1S/C13H12IN3O3/c14-10-6-11(12(18)15-7-10)16-17-13(19)20-8-9-4-2-1-3-5-9/h1-7,16H,8H2,(H,15,18)(H,17,19). The monoisotopic (exact) mass is 385 g/mol. The van der Waals surface area contributed by atoms with Gasteiger partial charge in [-0.3, -0.25) is 10.2 Å². The van der Waals surface area contributed by atoms with Crippen molar-refractivity contribution in [1.29, 1.82) is 0 Å². The molecule has 0 bridgehead atoms. The lowest BCUT2D eigenvalue weighted by Crippen LogP contribution is -2.32. The first-order valence-electron chi connectivity index (χ1n) is 5.76. The molecule has 3 N–H and O–H groups in total. The summed E-state index contributed by atoms with van der Waals surface area (Å²) < 4.78 is 5.83. The van der Waals surface area contributed by atoms with Crippen molar-refractivity contribution in [2.45, 2.75) is 6.61 Å². The van der Waals surface area contributed by atoms with Crippen LogP contribution in [-0.2, 0) is 11.3 Å². The number of anilines is 1. The van der Waals surface area contributed by atoms with Crippen LogP contribution in [0.2, 0.25) is 0 Å². The van der Waals surface area contributed by atoms with Gasteiger partial charge in [0.05, 0.1) is 0 Å². The molecule has 0 fully saturated rings. The summed E-state index contributed by atoms with van der Waals surface area (Å²) in [5.41, 5.74) is 5.62. The third-order valence-electron chi connectivity index (χ3n) is 2.38. The minimum Gasteiger partial charge on any atom is -0.443 e. The molecule has 1 aromatic carbocycles. The molecule has 2 aromatic rings. The van der Waals surface area contributed by atoms with E-state index in [-0.39, 0.29) is 17.9 Å². The van der Waals surface area contributed by atoms with Gasteiger partial charge in [0.2, 0.25) is 0 Å². The van der Waals surface area contributed by atoms with E-state index in [1.807, 2.05) is 52.9 Å². The molecule has 20 heavy (non-hydrogen) atoms. The highest BCUT2D eigenvalue weighted by atomic mass is 127. The molecule has 7 heteroatoms. The van der Waals surface area contributed by atoms with Gasteiger partial charge in [0.25, 0.3) is 5.56 Å². The summed E-state index contributed by atoms with van der Waals surface area (Å²) in [5.74, 6) is 0. The van der Waals surface area contributed by atoms with Gasteiger partial charge in [-0.1, -0.05) is 30.3 Å². The number of rotatable bonds is 4. The molecule has 0 unspecified atom stereocenters. The Morgan fingerprint density at radius 1 is 1.30 bits per heavy atom. The summed E-state index contributed by atoms with van der Waals surface area (Å²) in [5, 5.41) is 0. The predicted octanol–water partition coefficient (Wildman–Crippen LogP) is 2.23. The first-order chi connectivity index (χ1) is 9.65. The fourth-order valence-electron chi connectivity index (χ4n) is 1.43. The number of hydrazine groups is 1. The number of ether oxygens (including phenoxy) is 1. The molecule has 0 saturated carbocycles. The van der Waals surface area contributed by atoms with E-state index in [4.69, 9.17) is 4.74 Å². The Balaban J connectivity index is 1.83. The molecule has 0 spiro atoms. The fraction of sp³-hybridized carbons (Fsp3) is 0.0769. The lowest BCUT2D eigenvalue weighted by atomic mass is 10.2. The number of hydrogen-bond acceptors (Lipinski definition) is 4. The first kappa shape index (κ1) is 14.4. The third-order valence-corrected chi connectivity index (χ3v) is 3.00. The Kier molecular flexibility index (Phi) is 4.99. The van der Waals surface area contributed by atoms with Crippen LogP contribution in [0.5, 0.6) is 0 Å². The van der Waals surface area contributed by atoms with E-state index in [9.17, 15) is 9.59 Å².